The topological polar surface area (TPSA) is 100.0 Å². The van der Waals surface area contributed by atoms with Gasteiger partial charge in [0, 0.05) is 41.5 Å². The van der Waals surface area contributed by atoms with Gasteiger partial charge in [-0.15, -0.1) is 11.3 Å². The van der Waals surface area contributed by atoms with Crippen LogP contribution < -0.4 is 4.74 Å². The summed E-state index contributed by atoms with van der Waals surface area (Å²) in [5.74, 6) is -1.21. The molecule has 8 heteroatoms. The average Bonchev–Trinajstić information content (AvgIpc) is 3.50. The standard InChI is InChI=1S/C25H28N2O5S/c1-13(2)19-7-15-8-23(32-12-22(29)14-3-4-14)17(24-26-5-6-33-24)9-16(15)20-10-21(28)18(25(30)31)11-27(19)20/h5-6,8-10,13-14,18-19,22,29H,3-4,7,11-12H2,1-2H3,(H,30,31). The van der Waals surface area contributed by atoms with Crippen molar-refractivity contribution >= 4 is 28.8 Å². The summed E-state index contributed by atoms with van der Waals surface area (Å²) < 4.78 is 6.13. The van der Waals surface area contributed by atoms with Crippen molar-refractivity contribution in [2.45, 2.75) is 45.3 Å². The van der Waals surface area contributed by atoms with Crippen molar-refractivity contribution in [1.29, 1.82) is 0 Å². The van der Waals surface area contributed by atoms with E-state index in [0.29, 0.717) is 11.7 Å². The van der Waals surface area contributed by atoms with E-state index in [1.807, 2.05) is 17.5 Å². The van der Waals surface area contributed by atoms with E-state index in [-0.39, 0.29) is 30.9 Å². The first-order valence-electron chi connectivity index (χ1n) is 11.5. The number of ether oxygens (including phenoxy) is 1. The molecule has 3 aliphatic rings. The number of carboxylic acids is 1. The molecule has 3 heterocycles. The highest BCUT2D eigenvalue weighted by molar-refractivity contribution is 7.13. The molecule has 0 radical (unpaired) electrons. The molecular weight excluding hydrogens is 440 g/mol. The minimum Gasteiger partial charge on any atom is -0.490 e. The fourth-order valence-electron chi connectivity index (χ4n) is 4.85. The molecule has 2 aliphatic heterocycles. The minimum absolute atomic E-state index is 0.0781. The smallest absolute Gasteiger partial charge is 0.316 e. The van der Waals surface area contributed by atoms with Crippen LogP contribution in [0.5, 0.6) is 5.75 Å². The molecule has 7 nitrogen and oxygen atoms in total. The molecule has 0 amide bonds. The molecule has 1 aromatic carbocycles. The number of aromatic nitrogens is 1. The first kappa shape index (κ1) is 22.1. The van der Waals surface area contributed by atoms with Crippen LogP contribution in [0.1, 0.15) is 37.8 Å². The first-order chi connectivity index (χ1) is 15.8. The Kier molecular flexibility index (Phi) is 5.74. The highest BCUT2D eigenvalue weighted by atomic mass is 32.1. The zero-order valence-electron chi connectivity index (χ0n) is 18.7. The maximum atomic E-state index is 12.7. The summed E-state index contributed by atoms with van der Waals surface area (Å²) in [6.07, 6.45) is 5.57. The van der Waals surface area contributed by atoms with Gasteiger partial charge in [0.25, 0.3) is 0 Å². The highest BCUT2D eigenvalue weighted by Gasteiger charge is 2.41. The van der Waals surface area contributed by atoms with Crippen molar-refractivity contribution in [3.05, 3.63) is 40.9 Å². The van der Waals surface area contributed by atoms with E-state index >= 15 is 0 Å². The number of carbonyl (C=O) groups is 2. The van der Waals surface area contributed by atoms with Gasteiger partial charge in [0.15, 0.2) is 5.78 Å². The molecule has 33 heavy (non-hydrogen) atoms. The number of nitrogens with zero attached hydrogens (tertiary/aromatic N) is 2. The fraction of sp³-hybridized carbons (Fsp3) is 0.480. The second kappa shape index (κ2) is 8.57. The molecule has 1 aromatic heterocycles. The number of fused-ring (bicyclic) bond motifs is 3. The number of carboxylic acid groups (broad SMARTS) is 1. The van der Waals surface area contributed by atoms with Gasteiger partial charge in [-0.25, -0.2) is 4.98 Å². The number of rotatable bonds is 7. The zero-order valence-corrected chi connectivity index (χ0v) is 19.5. The molecular formula is C25H28N2O5S. The largest absolute Gasteiger partial charge is 0.490 e. The predicted molar refractivity (Wildman–Crippen MR) is 125 cm³/mol. The number of benzene rings is 1. The van der Waals surface area contributed by atoms with Gasteiger partial charge in [0.2, 0.25) is 0 Å². The van der Waals surface area contributed by atoms with Crippen LogP contribution in [0.15, 0.2) is 29.8 Å². The summed E-state index contributed by atoms with van der Waals surface area (Å²) >= 11 is 1.50. The molecule has 174 valence electrons. The van der Waals surface area contributed by atoms with Crippen molar-refractivity contribution in [2.75, 3.05) is 13.2 Å². The Hall–Kier alpha value is -2.71. The number of hydrogen-bond donors (Lipinski definition) is 2. The number of ketones is 1. The van der Waals surface area contributed by atoms with E-state index in [1.165, 1.54) is 17.4 Å². The third-order valence-corrected chi connectivity index (χ3v) is 7.73. The van der Waals surface area contributed by atoms with Crippen molar-refractivity contribution in [2.24, 2.45) is 17.8 Å². The average molecular weight is 469 g/mol. The maximum Gasteiger partial charge on any atom is 0.316 e. The number of allylic oxidation sites excluding steroid dienone is 1. The van der Waals surface area contributed by atoms with Crippen molar-refractivity contribution in [1.82, 2.24) is 9.88 Å². The molecule has 2 aromatic rings. The number of carbonyl (C=O) groups excluding carboxylic acids is 1. The Morgan fingerprint density at radius 3 is 2.73 bits per heavy atom. The number of thiazole rings is 1. The molecule has 1 saturated carbocycles. The van der Waals surface area contributed by atoms with Gasteiger partial charge in [-0.05, 0) is 48.8 Å². The normalized spacial score (nSPS) is 23.1. The summed E-state index contributed by atoms with van der Waals surface area (Å²) in [7, 11) is 0. The van der Waals surface area contributed by atoms with Gasteiger partial charge in [0.1, 0.15) is 23.3 Å². The van der Waals surface area contributed by atoms with Crippen LogP contribution in [0.4, 0.5) is 0 Å². The Balaban J connectivity index is 1.59. The van der Waals surface area contributed by atoms with E-state index < -0.39 is 18.0 Å². The number of hydrogen-bond acceptors (Lipinski definition) is 7. The Morgan fingerprint density at radius 1 is 1.30 bits per heavy atom. The molecule has 3 unspecified atom stereocenters. The number of aliphatic carboxylic acids is 1. The second-order valence-corrected chi connectivity index (χ2v) is 10.4. The predicted octanol–water partition coefficient (Wildman–Crippen LogP) is 3.47. The highest BCUT2D eigenvalue weighted by Crippen LogP contribution is 2.44. The van der Waals surface area contributed by atoms with Crippen LogP contribution >= 0.6 is 11.3 Å². The molecule has 0 spiro atoms. The van der Waals surface area contributed by atoms with E-state index in [9.17, 15) is 19.8 Å². The summed E-state index contributed by atoms with van der Waals surface area (Å²) in [5.41, 5.74) is 3.58. The van der Waals surface area contributed by atoms with Crippen LogP contribution in [-0.4, -0.2) is 57.1 Å². The van der Waals surface area contributed by atoms with Gasteiger partial charge < -0.3 is 19.8 Å². The lowest BCUT2D eigenvalue weighted by molar-refractivity contribution is -0.146. The molecule has 2 N–H and O–H groups in total. The fourth-order valence-corrected chi connectivity index (χ4v) is 5.50. The maximum absolute atomic E-state index is 12.7. The summed E-state index contributed by atoms with van der Waals surface area (Å²) in [5, 5.41) is 22.6. The third kappa shape index (κ3) is 4.17. The van der Waals surface area contributed by atoms with Crippen LogP contribution in [-0.2, 0) is 16.0 Å². The summed E-state index contributed by atoms with van der Waals surface area (Å²) in [4.78, 5) is 30.9. The lowest BCUT2D eigenvalue weighted by Crippen LogP contribution is -2.50. The quantitative estimate of drug-likeness (QED) is 0.600. The number of aliphatic hydroxyl groups excluding tert-OH is 1. The molecule has 0 bridgehead atoms. The number of aliphatic hydroxyl groups is 1. The molecule has 0 saturated heterocycles. The van der Waals surface area contributed by atoms with Crippen molar-refractivity contribution in [3.63, 3.8) is 0 Å². The summed E-state index contributed by atoms with van der Waals surface area (Å²) in [6, 6.07) is 4.11. The molecule has 1 aliphatic carbocycles. The van der Waals surface area contributed by atoms with E-state index in [1.54, 1.807) is 6.20 Å². The minimum atomic E-state index is -1.08. The van der Waals surface area contributed by atoms with Gasteiger partial charge in [0.05, 0.1) is 11.7 Å². The van der Waals surface area contributed by atoms with Crippen LogP contribution in [0, 0.1) is 17.8 Å². The summed E-state index contributed by atoms with van der Waals surface area (Å²) in [6.45, 7) is 4.66. The molecule has 3 atom stereocenters. The van der Waals surface area contributed by atoms with E-state index in [0.717, 1.165) is 46.7 Å². The van der Waals surface area contributed by atoms with E-state index in [2.05, 4.69) is 23.7 Å². The lowest BCUT2D eigenvalue weighted by atomic mass is 9.81. The third-order valence-electron chi connectivity index (χ3n) is 6.93. The van der Waals surface area contributed by atoms with Crippen LogP contribution in [0.3, 0.4) is 0 Å². The Morgan fingerprint density at radius 2 is 2.09 bits per heavy atom. The van der Waals surface area contributed by atoms with Crippen LogP contribution in [0.2, 0.25) is 0 Å². The van der Waals surface area contributed by atoms with Crippen LogP contribution in [0.25, 0.3) is 16.3 Å². The monoisotopic (exact) mass is 468 g/mol. The zero-order chi connectivity index (χ0) is 23.3. The van der Waals surface area contributed by atoms with Gasteiger partial charge >= 0.3 is 5.97 Å². The Bertz CT molecular complexity index is 1110. The Labute approximate surface area is 196 Å². The van der Waals surface area contributed by atoms with Gasteiger partial charge in [-0.2, -0.15) is 0 Å². The SMILES string of the molecule is CC(C)C1Cc2cc(OCC(O)C3CC3)c(-c3nccs3)cc2C2=CC(=O)C(C(=O)O)CN21. The lowest BCUT2D eigenvalue weighted by Gasteiger charge is -2.45. The van der Waals surface area contributed by atoms with Gasteiger partial charge in [-0.3, -0.25) is 9.59 Å². The van der Waals surface area contributed by atoms with Crippen molar-refractivity contribution in [3.8, 4) is 16.3 Å². The first-order valence-corrected chi connectivity index (χ1v) is 12.3. The molecule has 1 fully saturated rings. The second-order valence-electron chi connectivity index (χ2n) is 9.55. The van der Waals surface area contributed by atoms with Gasteiger partial charge in [-0.1, -0.05) is 13.8 Å². The van der Waals surface area contributed by atoms with E-state index in [4.69, 9.17) is 4.74 Å². The van der Waals surface area contributed by atoms with Crippen molar-refractivity contribution < 1.29 is 24.5 Å². The molecule has 5 rings (SSSR count).